The standard InChI is InChI=1S/C11H11ClO2/c1-10(6-4-3-5-9-12)7-8-11(13)14-2/h5-9H,1-2H3/b8-7+,9-5-,10-6+. The Hall–Kier alpha value is -1.46. The third kappa shape index (κ3) is 7.20. The highest BCUT2D eigenvalue weighted by Gasteiger charge is 1.88. The summed E-state index contributed by atoms with van der Waals surface area (Å²) in [6, 6.07) is 0. The van der Waals surface area contributed by atoms with Gasteiger partial charge in [-0.3, -0.25) is 0 Å². The SMILES string of the molecule is COC(=O)/C=C/C(C)=C/C#C/C=C\Cl. The molecule has 0 bridgehead atoms. The quantitative estimate of drug-likeness (QED) is 0.303. The van der Waals surface area contributed by atoms with Crippen LogP contribution in [-0.4, -0.2) is 13.1 Å². The highest BCUT2D eigenvalue weighted by atomic mass is 35.5. The monoisotopic (exact) mass is 210 g/mol. The van der Waals surface area contributed by atoms with E-state index in [-0.39, 0.29) is 5.97 Å². The van der Waals surface area contributed by atoms with Gasteiger partial charge in [0, 0.05) is 11.6 Å². The minimum Gasteiger partial charge on any atom is -0.466 e. The Morgan fingerprint density at radius 1 is 1.36 bits per heavy atom. The molecule has 0 aliphatic carbocycles. The lowest BCUT2D eigenvalue weighted by Crippen LogP contribution is -1.93. The molecular weight excluding hydrogens is 200 g/mol. The van der Waals surface area contributed by atoms with Crippen LogP contribution in [0.3, 0.4) is 0 Å². The molecule has 74 valence electrons. The molecule has 0 rings (SSSR count). The molecule has 0 spiro atoms. The summed E-state index contributed by atoms with van der Waals surface area (Å²) in [6.45, 7) is 1.83. The topological polar surface area (TPSA) is 26.3 Å². The first-order chi connectivity index (χ1) is 6.70. The molecule has 0 saturated carbocycles. The number of carbonyl (C=O) groups is 1. The third-order valence-corrected chi connectivity index (χ3v) is 1.34. The van der Waals surface area contributed by atoms with Crippen molar-refractivity contribution < 1.29 is 9.53 Å². The van der Waals surface area contributed by atoms with Gasteiger partial charge in [-0.1, -0.05) is 29.5 Å². The van der Waals surface area contributed by atoms with E-state index >= 15 is 0 Å². The summed E-state index contributed by atoms with van der Waals surface area (Å²) in [5.41, 5.74) is 2.20. The van der Waals surface area contributed by atoms with Crippen molar-refractivity contribution in [1.29, 1.82) is 0 Å². The number of allylic oxidation sites excluding steroid dienone is 4. The number of hydrogen-bond donors (Lipinski definition) is 0. The molecule has 0 radical (unpaired) electrons. The van der Waals surface area contributed by atoms with E-state index in [9.17, 15) is 4.79 Å². The molecule has 0 heterocycles. The van der Waals surface area contributed by atoms with E-state index in [0.717, 1.165) is 5.57 Å². The second-order valence-electron chi connectivity index (χ2n) is 2.33. The number of esters is 1. The number of halogens is 1. The summed E-state index contributed by atoms with van der Waals surface area (Å²) in [5, 5.41) is 0. The fourth-order valence-electron chi connectivity index (χ4n) is 0.551. The molecule has 0 aromatic heterocycles. The van der Waals surface area contributed by atoms with Crippen molar-refractivity contribution in [2.45, 2.75) is 6.92 Å². The number of hydrogen-bond acceptors (Lipinski definition) is 2. The van der Waals surface area contributed by atoms with E-state index in [2.05, 4.69) is 16.6 Å². The van der Waals surface area contributed by atoms with Crippen LogP contribution in [0.2, 0.25) is 0 Å². The zero-order valence-electron chi connectivity index (χ0n) is 8.08. The van der Waals surface area contributed by atoms with E-state index in [0.29, 0.717) is 0 Å². The van der Waals surface area contributed by atoms with Gasteiger partial charge in [0.1, 0.15) is 0 Å². The fourth-order valence-corrected chi connectivity index (χ4v) is 0.614. The van der Waals surface area contributed by atoms with Crippen LogP contribution >= 0.6 is 11.6 Å². The fraction of sp³-hybridized carbons (Fsp3) is 0.182. The van der Waals surface area contributed by atoms with Crippen LogP contribution in [0.25, 0.3) is 0 Å². The minimum atomic E-state index is -0.383. The maximum Gasteiger partial charge on any atom is 0.330 e. The first-order valence-corrected chi connectivity index (χ1v) is 4.33. The van der Waals surface area contributed by atoms with Gasteiger partial charge in [0.2, 0.25) is 0 Å². The van der Waals surface area contributed by atoms with Gasteiger partial charge in [0.05, 0.1) is 7.11 Å². The van der Waals surface area contributed by atoms with Gasteiger partial charge >= 0.3 is 5.97 Å². The van der Waals surface area contributed by atoms with Gasteiger partial charge in [-0.05, 0) is 24.6 Å². The summed E-state index contributed by atoms with van der Waals surface area (Å²) < 4.78 is 4.43. The van der Waals surface area contributed by atoms with Crippen LogP contribution in [-0.2, 0) is 9.53 Å². The van der Waals surface area contributed by atoms with E-state index in [1.54, 1.807) is 12.2 Å². The van der Waals surface area contributed by atoms with Gasteiger partial charge in [-0.2, -0.15) is 0 Å². The normalized spacial score (nSPS) is 11.5. The van der Waals surface area contributed by atoms with Crippen LogP contribution in [0, 0.1) is 11.8 Å². The molecule has 0 aliphatic heterocycles. The van der Waals surface area contributed by atoms with E-state index in [1.807, 2.05) is 6.92 Å². The van der Waals surface area contributed by atoms with Crippen molar-refractivity contribution in [3.8, 4) is 11.8 Å². The van der Waals surface area contributed by atoms with E-state index in [1.165, 1.54) is 24.8 Å². The van der Waals surface area contributed by atoms with Crippen molar-refractivity contribution in [2.75, 3.05) is 7.11 Å². The van der Waals surface area contributed by atoms with Gasteiger partial charge in [0.25, 0.3) is 0 Å². The number of ether oxygens (including phenoxy) is 1. The molecule has 2 nitrogen and oxygen atoms in total. The molecule has 0 unspecified atom stereocenters. The van der Waals surface area contributed by atoms with Crippen LogP contribution in [0.15, 0.2) is 35.4 Å². The highest BCUT2D eigenvalue weighted by molar-refractivity contribution is 6.25. The average molecular weight is 211 g/mol. The van der Waals surface area contributed by atoms with E-state index in [4.69, 9.17) is 11.6 Å². The zero-order valence-corrected chi connectivity index (χ0v) is 8.84. The average Bonchev–Trinajstić information content (AvgIpc) is 2.21. The van der Waals surface area contributed by atoms with Crippen LogP contribution in [0.5, 0.6) is 0 Å². The highest BCUT2D eigenvalue weighted by Crippen LogP contribution is 1.93. The Morgan fingerprint density at radius 2 is 2.07 bits per heavy atom. The molecule has 0 N–H and O–H groups in total. The molecule has 0 atom stereocenters. The van der Waals surface area contributed by atoms with Gasteiger partial charge in [0.15, 0.2) is 0 Å². The van der Waals surface area contributed by atoms with Crippen molar-refractivity contribution in [3.05, 3.63) is 35.4 Å². The molecule has 0 amide bonds. The third-order valence-electron chi connectivity index (χ3n) is 1.21. The molecule has 0 saturated heterocycles. The Balaban J connectivity index is 4.22. The maximum atomic E-state index is 10.7. The summed E-state index contributed by atoms with van der Waals surface area (Å²) in [7, 11) is 1.33. The Kier molecular flexibility index (Phi) is 7.30. The van der Waals surface area contributed by atoms with Gasteiger partial charge < -0.3 is 4.74 Å². The smallest absolute Gasteiger partial charge is 0.330 e. The lowest BCUT2D eigenvalue weighted by molar-refractivity contribution is -0.134. The van der Waals surface area contributed by atoms with Crippen molar-refractivity contribution >= 4 is 17.6 Å². The maximum absolute atomic E-state index is 10.7. The van der Waals surface area contributed by atoms with Gasteiger partial charge in [-0.15, -0.1) is 0 Å². The first-order valence-electron chi connectivity index (χ1n) is 3.89. The first kappa shape index (κ1) is 12.5. The molecular formula is C11H11ClO2. The molecule has 3 heteroatoms. The summed E-state index contributed by atoms with van der Waals surface area (Å²) >= 11 is 5.26. The van der Waals surface area contributed by atoms with Crippen molar-refractivity contribution in [3.63, 3.8) is 0 Å². The number of carbonyl (C=O) groups excluding carboxylic acids is 1. The summed E-state index contributed by atoms with van der Waals surface area (Å²) in [5.74, 6) is 5.04. The van der Waals surface area contributed by atoms with Crippen molar-refractivity contribution in [1.82, 2.24) is 0 Å². The minimum absolute atomic E-state index is 0.383. The number of methoxy groups -OCH3 is 1. The second kappa shape index (κ2) is 8.15. The zero-order chi connectivity index (χ0) is 10.8. The summed E-state index contributed by atoms with van der Waals surface area (Å²) in [6.07, 6.45) is 6.17. The Labute approximate surface area is 88.9 Å². The van der Waals surface area contributed by atoms with Gasteiger partial charge in [-0.25, -0.2) is 4.79 Å². The predicted octanol–water partition coefficient (Wildman–Crippen LogP) is 2.42. The van der Waals surface area contributed by atoms with E-state index < -0.39 is 0 Å². The second-order valence-corrected chi connectivity index (χ2v) is 2.58. The molecule has 14 heavy (non-hydrogen) atoms. The van der Waals surface area contributed by atoms with Crippen LogP contribution < -0.4 is 0 Å². The predicted molar refractivity (Wildman–Crippen MR) is 57.7 cm³/mol. The van der Waals surface area contributed by atoms with Crippen LogP contribution in [0.4, 0.5) is 0 Å². The lowest BCUT2D eigenvalue weighted by atomic mass is 10.2. The summed E-state index contributed by atoms with van der Waals surface area (Å²) in [4.78, 5) is 10.7. The molecule has 0 aromatic rings. The number of rotatable bonds is 2. The Bertz CT molecular complexity index is 327. The molecule has 0 aromatic carbocycles. The molecule has 0 fully saturated rings. The van der Waals surface area contributed by atoms with Crippen LogP contribution in [0.1, 0.15) is 6.92 Å². The largest absolute Gasteiger partial charge is 0.466 e. The Morgan fingerprint density at radius 3 is 2.64 bits per heavy atom. The molecule has 0 aliphatic rings. The van der Waals surface area contributed by atoms with Crippen molar-refractivity contribution in [2.24, 2.45) is 0 Å². The lowest BCUT2D eigenvalue weighted by Gasteiger charge is -1.89.